The Bertz CT molecular complexity index is 1500. The Hall–Kier alpha value is -4.42. The molecule has 2 aromatic carbocycles. The predicted molar refractivity (Wildman–Crippen MR) is 139 cm³/mol. The van der Waals surface area contributed by atoms with Crippen LogP contribution in [0.15, 0.2) is 60.8 Å². The summed E-state index contributed by atoms with van der Waals surface area (Å²) in [7, 11) is 0. The highest BCUT2D eigenvalue weighted by atomic mass is 16.5. The van der Waals surface area contributed by atoms with E-state index < -0.39 is 0 Å². The minimum atomic E-state index is -0.113. The van der Waals surface area contributed by atoms with Crippen molar-refractivity contribution >= 4 is 11.4 Å². The van der Waals surface area contributed by atoms with Crippen LogP contribution in [0.25, 0.3) is 16.8 Å². The largest absolute Gasteiger partial charge is 0.489 e. The van der Waals surface area contributed by atoms with Crippen LogP contribution in [0.1, 0.15) is 68.5 Å². The van der Waals surface area contributed by atoms with Crippen LogP contribution in [0.4, 0.5) is 0 Å². The lowest BCUT2D eigenvalue weighted by Gasteiger charge is -2.12. The number of aromatic nitrogens is 3. The van der Waals surface area contributed by atoms with Gasteiger partial charge in [0.1, 0.15) is 18.1 Å². The van der Waals surface area contributed by atoms with E-state index >= 15 is 0 Å². The standard InChI is InChI=1S/C30H28N4O2/c1-5-7-25(14-21(4)35)24-10-12-27(13-11-24)36-19-23-16-28(26-9-6-8-22(15-26)17-31)30-32-29(20(2)3)33-34(30)18-23/h6,8-13,15-16,18,20,25H,14,19H2,1-4H3. The maximum atomic E-state index is 11.6. The van der Waals surface area contributed by atoms with Crippen LogP contribution in [-0.4, -0.2) is 20.4 Å². The molecule has 0 radical (unpaired) electrons. The topological polar surface area (TPSA) is 80.3 Å². The predicted octanol–water partition coefficient (Wildman–Crippen LogP) is 6.06. The molecule has 0 N–H and O–H groups in total. The number of hydrogen-bond donors (Lipinski definition) is 0. The molecule has 0 fully saturated rings. The molecule has 4 rings (SSSR count). The Morgan fingerprint density at radius 3 is 2.58 bits per heavy atom. The van der Waals surface area contributed by atoms with Crippen molar-refractivity contribution in [2.24, 2.45) is 0 Å². The molecule has 1 unspecified atom stereocenters. The second-order valence-electron chi connectivity index (χ2n) is 9.06. The van der Waals surface area contributed by atoms with Crippen molar-refractivity contribution in [1.82, 2.24) is 14.6 Å². The highest BCUT2D eigenvalue weighted by Gasteiger charge is 2.15. The number of fused-ring (bicyclic) bond motifs is 1. The van der Waals surface area contributed by atoms with E-state index in [2.05, 4.69) is 36.9 Å². The van der Waals surface area contributed by atoms with Gasteiger partial charge in [0, 0.05) is 29.7 Å². The van der Waals surface area contributed by atoms with Gasteiger partial charge in [-0.15, -0.1) is 5.92 Å². The third-order valence-corrected chi connectivity index (χ3v) is 5.82. The van der Waals surface area contributed by atoms with Crippen LogP contribution >= 0.6 is 0 Å². The number of hydrogen-bond acceptors (Lipinski definition) is 5. The highest BCUT2D eigenvalue weighted by Crippen LogP contribution is 2.28. The Morgan fingerprint density at radius 1 is 1.14 bits per heavy atom. The lowest BCUT2D eigenvalue weighted by molar-refractivity contribution is -0.117. The second kappa shape index (κ2) is 10.9. The second-order valence-corrected chi connectivity index (χ2v) is 9.06. The summed E-state index contributed by atoms with van der Waals surface area (Å²) in [5, 5.41) is 14.0. The lowest BCUT2D eigenvalue weighted by atomic mass is 9.94. The fourth-order valence-corrected chi connectivity index (χ4v) is 4.03. The van der Waals surface area contributed by atoms with E-state index in [1.54, 1.807) is 24.4 Å². The van der Waals surface area contributed by atoms with Crippen LogP contribution in [0.5, 0.6) is 5.75 Å². The number of carbonyl (C=O) groups is 1. The van der Waals surface area contributed by atoms with E-state index in [1.165, 1.54) is 0 Å². The first-order chi connectivity index (χ1) is 17.4. The minimum Gasteiger partial charge on any atom is -0.489 e. The van der Waals surface area contributed by atoms with Crippen molar-refractivity contribution in [3.05, 3.63) is 83.3 Å². The van der Waals surface area contributed by atoms with Gasteiger partial charge in [-0.05, 0) is 55.3 Å². The third kappa shape index (κ3) is 5.62. The number of rotatable bonds is 8. The summed E-state index contributed by atoms with van der Waals surface area (Å²) in [5.41, 5.74) is 5.06. The van der Waals surface area contributed by atoms with Gasteiger partial charge in [0.25, 0.3) is 0 Å². The molecule has 2 aromatic heterocycles. The molecule has 36 heavy (non-hydrogen) atoms. The number of pyridine rings is 1. The van der Waals surface area contributed by atoms with Gasteiger partial charge < -0.3 is 4.74 Å². The summed E-state index contributed by atoms with van der Waals surface area (Å²) in [5.74, 6) is 7.70. The smallest absolute Gasteiger partial charge is 0.163 e. The average Bonchev–Trinajstić information content (AvgIpc) is 3.31. The number of Topliss-reactive ketones (excluding diaryl/α,β-unsaturated/α-hetero) is 1. The molecule has 2 heterocycles. The molecule has 4 aromatic rings. The Labute approximate surface area is 211 Å². The molecule has 180 valence electrons. The van der Waals surface area contributed by atoms with Crippen LogP contribution in [0.2, 0.25) is 0 Å². The number of ether oxygens (including phenoxy) is 1. The number of nitriles is 1. The third-order valence-electron chi connectivity index (χ3n) is 5.82. The van der Waals surface area contributed by atoms with Crippen LogP contribution in [-0.2, 0) is 11.4 Å². The lowest BCUT2D eigenvalue weighted by Crippen LogP contribution is -2.03. The minimum absolute atomic E-state index is 0.113. The van der Waals surface area contributed by atoms with Crippen LogP contribution < -0.4 is 4.74 Å². The molecule has 0 amide bonds. The monoisotopic (exact) mass is 476 g/mol. The van der Waals surface area contributed by atoms with Crippen LogP contribution in [0.3, 0.4) is 0 Å². The molecule has 0 bridgehead atoms. The van der Waals surface area contributed by atoms with Crippen LogP contribution in [0, 0.1) is 23.2 Å². The van der Waals surface area contributed by atoms with E-state index in [9.17, 15) is 10.1 Å². The molecule has 0 saturated carbocycles. The quantitative estimate of drug-likeness (QED) is 0.289. The van der Waals surface area contributed by atoms with Gasteiger partial charge in [0.15, 0.2) is 11.5 Å². The number of nitrogens with zero attached hydrogens (tertiary/aromatic N) is 4. The highest BCUT2D eigenvalue weighted by molar-refractivity contribution is 5.79. The molecule has 6 heteroatoms. The van der Waals surface area contributed by atoms with E-state index in [-0.39, 0.29) is 17.6 Å². The van der Waals surface area contributed by atoms with Gasteiger partial charge in [0.05, 0.1) is 17.6 Å². The number of carbonyl (C=O) groups excluding carboxylic acids is 1. The Kier molecular flexibility index (Phi) is 7.47. The average molecular weight is 477 g/mol. The summed E-state index contributed by atoms with van der Waals surface area (Å²) >= 11 is 0. The Morgan fingerprint density at radius 2 is 1.92 bits per heavy atom. The van der Waals surface area contributed by atoms with Crippen molar-refractivity contribution in [1.29, 1.82) is 5.26 Å². The summed E-state index contributed by atoms with van der Waals surface area (Å²) in [6, 6.07) is 19.5. The van der Waals surface area contributed by atoms with Gasteiger partial charge in [-0.1, -0.05) is 44.0 Å². The fraction of sp³-hybridized carbons (Fsp3) is 0.267. The number of benzene rings is 2. The van der Waals surface area contributed by atoms with E-state index in [4.69, 9.17) is 9.72 Å². The van der Waals surface area contributed by atoms with Gasteiger partial charge >= 0.3 is 0 Å². The van der Waals surface area contributed by atoms with E-state index in [1.807, 2.05) is 54.7 Å². The van der Waals surface area contributed by atoms with Crippen molar-refractivity contribution in [2.45, 2.75) is 52.6 Å². The SMILES string of the molecule is CC#CC(CC(C)=O)c1ccc(OCc2cc(-c3cccc(C#N)c3)c3nc(C(C)C)nn3c2)cc1. The molecule has 6 nitrogen and oxygen atoms in total. The zero-order chi connectivity index (χ0) is 25.7. The molecule has 0 aliphatic rings. The molecule has 0 aliphatic heterocycles. The first-order valence-corrected chi connectivity index (χ1v) is 11.9. The summed E-state index contributed by atoms with van der Waals surface area (Å²) in [6.45, 7) is 7.83. The fourth-order valence-electron chi connectivity index (χ4n) is 4.03. The van der Waals surface area contributed by atoms with Gasteiger partial charge in [-0.3, -0.25) is 4.79 Å². The van der Waals surface area contributed by atoms with Gasteiger partial charge in [-0.25, -0.2) is 9.50 Å². The molecular formula is C30H28N4O2. The summed E-state index contributed by atoms with van der Waals surface area (Å²) in [4.78, 5) is 16.4. The molecule has 0 spiro atoms. The molecule has 0 saturated heterocycles. The summed E-state index contributed by atoms with van der Waals surface area (Å²) < 4.78 is 7.88. The molecule has 1 atom stereocenters. The first-order valence-electron chi connectivity index (χ1n) is 11.9. The maximum absolute atomic E-state index is 11.6. The van der Waals surface area contributed by atoms with Crippen molar-refractivity contribution in [3.8, 4) is 34.8 Å². The summed E-state index contributed by atoms with van der Waals surface area (Å²) in [6.07, 6.45) is 2.33. The van der Waals surface area contributed by atoms with Gasteiger partial charge in [0.2, 0.25) is 0 Å². The van der Waals surface area contributed by atoms with Crippen molar-refractivity contribution in [3.63, 3.8) is 0 Å². The zero-order valence-corrected chi connectivity index (χ0v) is 20.9. The first kappa shape index (κ1) is 24.7. The zero-order valence-electron chi connectivity index (χ0n) is 20.9. The molecular weight excluding hydrogens is 448 g/mol. The molecule has 0 aliphatic carbocycles. The van der Waals surface area contributed by atoms with E-state index in [0.29, 0.717) is 18.6 Å². The van der Waals surface area contributed by atoms with Crippen molar-refractivity contribution in [2.75, 3.05) is 0 Å². The number of ketones is 1. The van der Waals surface area contributed by atoms with Crippen molar-refractivity contribution < 1.29 is 9.53 Å². The van der Waals surface area contributed by atoms with Gasteiger partial charge in [-0.2, -0.15) is 10.4 Å². The normalized spacial score (nSPS) is 11.6. The van der Waals surface area contributed by atoms with E-state index in [0.717, 1.165) is 39.5 Å². The Balaban J connectivity index is 1.62. The maximum Gasteiger partial charge on any atom is 0.163 e.